The van der Waals surface area contributed by atoms with Gasteiger partial charge in [-0.2, -0.15) is 0 Å². The Morgan fingerprint density at radius 2 is 1.81 bits per heavy atom. The van der Waals surface area contributed by atoms with E-state index in [2.05, 4.69) is 0 Å². The highest BCUT2D eigenvalue weighted by molar-refractivity contribution is 6.47. The van der Waals surface area contributed by atoms with Gasteiger partial charge in [-0.3, -0.25) is 9.59 Å². The van der Waals surface area contributed by atoms with E-state index < -0.39 is 17.4 Å². The summed E-state index contributed by atoms with van der Waals surface area (Å²) < 4.78 is 10.5. The molecule has 5 heteroatoms. The molecule has 0 fully saturated rings. The molecule has 2 aromatic carbocycles. The number of aliphatic hydroxyl groups is 1. The molecule has 0 radical (unpaired) electrons. The van der Waals surface area contributed by atoms with Crippen LogP contribution in [0.1, 0.15) is 15.9 Å². The number of hydrogen-bond donors (Lipinski definition) is 1. The van der Waals surface area contributed by atoms with Gasteiger partial charge in [-0.1, -0.05) is 30.3 Å². The van der Waals surface area contributed by atoms with E-state index in [1.54, 1.807) is 24.3 Å². The molecule has 2 aromatic rings. The van der Waals surface area contributed by atoms with E-state index in [4.69, 9.17) is 9.47 Å². The Morgan fingerprint density at radius 1 is 1.10 bits per heavy atom. The van der Waals surface area contributed by atoms with E-state index in [1.165, 1.54) is 31.4 Å². The molecule has 0 saturated carbocycles. The zero-order valence-corrected chi connectivity index (χ0v) is 11.2. The lowest BCUT2D eigenvalue weighted by Gasteiger charge is -2.31. The number of methoxy groups -OCH3 is 1. The monoisotopic (exact) mass is 284 g/mol. The minimum Gasteiger partial charge on any atom is -0.497 e. The van der Waals surface area contributed by atoms with E-state index in [9.17, 15) is 14.7 Å². The van der Waals surface area contributed by atoms with E-state index in [-0.39, 0.29) is 16.9 Å². The van der Waals surface area contributed by atoms with Gasteiger partial charge in [0.05, 0.1) is 12.7 Å². The van der Waals surface area contributed by atoms with Crippen molar-refractivity contribution in [3.05, 3.63) is 59.7 Å². The molecular formula is C16H12O5. The van der Waals surface area contributed by atoms with Gasteiger partial charge < -0.3 is 14.6 Å². The van der Waals surface area contributed by atoms with Crippen LogP contribution in [0.2, 0.25) is 0 Å². The molecule has 1 heterocycles. The number of Topliss-reactive ketones (excluding diaryl/α,β-unsaturated/α-hetero) is 2. The summed E-state index contributed by atoms with van der Waals surface area (Å²) in [5.74, 6) is -3.52. The molecular weight excluding hydrogens is 272 g/mol. The van der Waals surface area contributed by atoms with Gasteiger partial charge in [0.2, 0.25) is 5.78 Å². The second kappa shape index (κ2) is 4.71. The summed E-state index contributed by atoms with van der Waals surface area (Å²) in [6, 6.07) is 12.5. The molecule has 1 aliphatic heterocycles. The topological polar surface area (TPSA) is 72.8 Å². The third-order valence-electron chi connectivity index (χ3n) is 3.37. The number of rotatable bonds is 2. The maximum absolute atomic E-state index is 12.2. The highest BCUT2D eigenvalue weighted by atomic mass is 16.6. The molecule has 21 heavy (non-hydrogen) atoms. The van der Waals surface area contributed by atoms with Gasteiger partial charge >= 0.3 is 5.79 Å². The molecule has 1 unspecified atom stereocenters. The molecule has 106 valence electrons. The molecule has 0 aliphatic carbocycles. The van der Waals surface area contributed by atoms with Crippen LogP contribution in [0.5, 0.6) is 11.5 Å². The minimum absolute atomic E-state index is 0.112. The van der Waals surface area contributed by atoms with Gasteiger partial charge in [-0.05, 0) is 12.1 Å². The van der Waals surface area contributed by atoms with Crippen LogP contribution in [0.4, 0.5) is 0 Å². The zero-order valence-electron chi connectivity index (χ0n) is 11.2. The van der Waals surface area contributed by atoms with Crippen molar-refractivity contribution < 1.29 is 24.2 Å². The Kier molecular flexibility index (Phi) is 2.99. The highest BCUT2D eigenvalue weighted by Crippen LogP contribution is 2.37. The molecule has 0 bridgehead atoms. The Morgan fingerprint density at radius 3 is 2.48 bits per heavy atom. The molecule has 0 saturated heterocycles. The summed E-state index contributed by atoms with van der Waals surface area (Å²) >= 11 is 0. The molecule has 5 nitrogen and oxygen atoms in total. The van der Waals surface area contributed by atoms with Gasteiger partial charge in [0.25, 0.3) is 5.78 Å². The Hall–Kier alpha value is -2.66. The molecule has 0 spiro atoms. The number of carbonyl (C=O) groups is 2. The van der Waals surface area contributed by atoms with Crippen molar-refractivity contribution in [3.63, 3.8) is 0 Å². The third-order valence-corrected chi connectivity index (χ3v) is 3.37. The van der Waals surface area contributed by atoms with Gasteiger partial charge in [-0.15, -0.1) is 0 Å². The second-order valence-corrected chi connectivity index (χ2v) is 4.63. The summed E-state index contributed by atoms with van der Waals surface area (Å²) in [6.07, 6.45) is 0. The smallest absolute Gasteiger partial charge is 0.303 e. The molecule has 1 N–H and O–H groups in total. The molecule has 0 amide bonds. The van der Waals surface area contributed by atoms with E-state index in [0.717, 1.165) is 0 Å². The average molecular weight is 284 g/mol. The first kappa shape index (κ1) is 13.3. The van der Waals surface area contributed by atoms with Gasteiger partial charge in [0, 0.05) is 11.6 Å². The molecule has 3 rings (SSSR count). The van der Waals surface area contributed by atoms with Crippen LogP contribution in [0.25, 0.3) is 0 Å². The Balaban J connectivity index is 2.14. The van der Waals surface area contributed by atoms with Crippen molar-refractivity contribution in [2.75, 3.05) is 7.11 Å². The van der Waals surface area contributed by atoms with E-state index in [1.807, 2.05) is 0 Å². The second-order valence-electron chi connectivity index (χ2n) is 4.63. The number of hydrogen-bond acceptors (Lipinski definition) is 5. The highest BCUT2D eigenvalue weighted by Gasteiger charge is 2.49. The zero-order chi connectivity index (χ0) is 15.0. The number of fused-ring (bicyclic) bond motifs is 1. The van der Waals surface area contributed by atoms with E-state index in [0.29, 0.717) is 5.75 Å². The van der Waals surface area contributed by atoms with Crippen molar-refractivity contribution in [1.29, 1.82) is 0 Å². The fourth-order valence-electron chi connectivity index (χ4n) is 2.24. The molecule has 1 aliphatic rings. The first-order chi connectivity index (χ1) is 10.1. The number of carbonyl (C=O) groups excluding carboxylic acids is 2. The summed E-state index contributed by atoms with van der Waals surface area (Å²) in [4.78, 5) is 24.4. The van der Waals surface area contributed by atoms with Crippen LogP contribution < -0.4 is 9.47 Å². The quantitative estimate of drug-likeness (QED) is 0.849. The normalized spacial score (nSPS) is 20.7. The van der Waals surface area contributed by atoms with Crippen LogP contribution in [0, 0.1) is 0 Å². The van der Waals surface area contributed by atoms with Crippen LogP contribution in [0.15, 0.2) is 48.5 Å². The summed E-state index contributed by atoms with van der Waals surface area (Å²) in [7, 11) is 1.47. The van der Waals surface area contributed by atoms with Crippen LogP contribution in [-0.2, 0) is 10.6 Å². The van der Waals surface area contributed by atoms with Crippen molar-refractivity contribution in [1.82, 2.24) is 0 Å². The van der Waals surface area contributed by atoms with Gasteiger partial charge in [0.15, 0.2) is 0 Å². The standard InChI is InChI=1S/C16H12O5/c1-20-11-7-8-12-13(9-11)21-16(19,15(18)14(12)17)10-5-3-2-4-6-10/h2-9,19H,1H3. The number of ether oxygens (including phenoxy) is 2. The fraction of sp³-hybridized carbons (Fsp3) is 0.125. The van der Waals surface area contributed by atoms with Crippen LogP contribution >= 0.6 is 0 Å². The van der Waals surface area contributed by atoms with E-state index >= 15 is 0 Å². The van der Waals surface area contributed by atoms with Gasteiger partial charge in [0.1, 0.15) is 11.5 Å². The first-order valence-electron chi connectivity index (χ1n) is 6.30. The lowest BCUT2D eigenvalue weighted by Crippen LogP contribution is -2.48. The summed E-state index contributed by atoms with van der Waals surface area (Å²) in [5.41, 5.74) is 0.318. The van der Waals surface area contributed by atoms with Crippen molar-refractivity contribution in [2.45, 2.75) is 5.79 Å². The van der Waals surface area contributed by atoms with Crippen molar-refractivity contribution in [2.24, 2.45) is 0 Å². The maximum atomic E-state index is 12.2. The van der Waals surface area contributed by atoms with Gasteiger partial charge in [-0.25, -0.2) is 0 Å². The van der Waals surface area contributed by atoms with Crippen molar-refractivity contribution in [3.8, 4) is 11.5 Å². The Labute approximate surface area is 120 Å². The number of ketones is 2. The lowest BCUT2D eigenvalue weighted by atomic mass is 9.92. The third kappa shape index (κ3) is 1.98. The molecule has 1 atom stereocenters. The van der Waals surface area contributed by atoms with Crippen LogP contribution in [0.3, 0.4) is 0 Å². The SMILES string of the molecule is COc1ccc2c(c1)OC(O)(c1ccccc1)C(=O)C2=O. The predicted molar refractivity (Wildman–Crippen MR) is 73.3 cm³/mol. The predicted octanol–water partition coefficient (Wildman–Crippen LogP) is 1.68. The number of benzene rings is 2. The first-order valence-corrected chi connectivity index (χ1v) is 6.30. The summed E-state index contributed by atoms with van der Waals surface area (Å²) in [6.45, 7) is 0. The average Bonchev–Trinajstić information content (AvgIpc) is 2.53. The lowest BCUT2D eigenvalue weighted by molar-refractivity contribution is -0.173. The van der Waals surface area contributed by atoms with Crippen LogP contribution in [-0.4, -0.2) is 23.8 Å². The minimum atomic E-state index is -2.31. The molecule has 0 aromatic heterocycles. The van der Waals surface area contributed by atoms with Crippen molar-refractivity contribution >= 4 is 11.6 Å². The fourth-order valence-corrected chi connectivity index (χ4v) is 2.24. The maximum Gasteiger partial charge on any atom is 0.303 e. The largest absolute Gasteiger partial charge is 0.497 e. The Bertz CT molecular complexity index is 723. The summed E-state index contributed by atoms with van der Waals surface area (Å²) in [5, 5.41) is 10.6.